The molecule has 0 amide bonds. The Balaban J connectivity index is 1.97. The van der Waals surface area contributed by atoms with Gasteiger partial charge in [0.15, 0.2) is 0 Å². The predicted molar refractivity (Wildman–Crippen MR) is 102 cm³/mol. The summed E-state index contributed by atoms with van der Waals surface area (Å²) in [6.07, 6.45) is -2.42. The largest absolute Gasteiger partial charge is 0.493 e. The Morgan fingerprint density at radius 3 is 2.76 bits per heavy atom. The van der Waals surface area contributed by atoms with Crippen LogP contribution in [0.15, 0.2) is 37.0 Å². The molecule has 2 aromatic heterocycles. The number of hydrogen-bond donors (Lipinski definition) is 1. The number of anilines is 1. The highest BCUT2D eigenvalue weighted by molar-refractivity contribution is 5.96. The van der Waals surface area contributed by atoms with E-state index in [9.17, 15) is 13.2 Å². The van der Waals surface area contributed by atoms with Gasteiger partial charge in [-0.1, -0.05) is 18.7 Å². The second kappa shape index (κ2) is 7.23. The van der Waals surface area contributed by atoms with Crippen molar-refractivity contribution in [3.63, 3.8) is 0 Å². The highest BCUT2D eigenvalue weighted by Crippen LogP contribution is 2.42. The number of halogens is 3. The van der Waals surface area contributed by atoms with Crippen molar-refractivity contribution < 1.29 is 22.6 Å². The minimum Gasteiger partial charge on any atom is -0.493 e. The van der Waals surface area contributed by atoms with Gasteiger partial charge in [-0.25, -0.2) is 15.0 Å². The molecule has 0 radical (unpaired) electrons. The Labute approximate surface area is 164 Å². The molecule has 0 unspecified atom stereocenters. The Bertz CT molecular complexity index is 1100. The van der Waals surface area contributed by atoms with Crippen LogP contribution < -0.4 is 14.8 Å². The lowest BCUT2D eigenvalue weighted by molar-refractivity contribution is -0.137. The SMILES string of the molecule is C=C1Nc2nc(nc3cnc(OC)c(C(F)(F)F)c23)CCCOc2ccccc21. The maximum absolute atomic E-state index is 13.9. The van der Waals surface area contributed by atoms with Gasteiger partial charge in [0.25, 0.3) is 0 Å². The van der Waals surface area contributed by atoms with Crippen LogP contribution in [0.4, 0.5) is 19.0 Å². The standard InChI is InChI=1S/C20H17F3N4O2/c1-11-12-6-3-4-7-14(12)29-9-5-8-15-26-13-10-24-19(28-2)17(20(21,22)23)16(13)18(25-11)27-15/h3-4,6-7,10H,1,5,8-9H2,2H3,(H,25,26,27). The highest BCUT2D eigenvalue weighted by atomic mass is 19.4. The van der Waals surface area contributed by atoms with Crippen LogP contribution in [0.5, 0.6) is 11.6 Å². The molecule has 9 heteroatoms. The van der Waals surface area contributed by atoms with Crippen molar-refractivity contribution >= 4 is 22.4 Å². The lowest BCUT2D eigenvalue weighted by Crippen LogP contribution is -2.13. The first-order valence-electron chi connectivity index (χ1n) is 8.87. The van der Waals surface area contributed by atoms with Crippen LogP contribution in [0.2, 0.25) is 0 Å². The Hall–Kier alpha value is -3.36. The summed E-state index contributed by atoms with van der Waals surface area (Å²) in [5.74, 6) is 0.442. The molecule has 4 rings (SSSR count). The van der Waals surface area contributed by atoms with E-state index in [-0.39, 0.29) is 16.7 Å². The monoisotopic (exact) mass is 402 g/mol. The molecule has 1 aliphatic heterocycles. The van der Waals surface area contributed by atoms with E-state index in [1.165, 1.54) is 6.20 Å². The van der Waals surface area contributed by atoms with Gasteiger partial charge < -0.3 is 14.8 Å². The molecular formula is C20H17F3N4O2. The van der Waals surface area contributed by atoms with Gasteiger partial charge in [0.2, 0.25) is 5.88 Å². The van der Waals surface area contributed by atoms with Crippen LogP contribution in [-0.4, -0.2) is 28.7 Å². The molecule has 6 nitrogen and oxygen atoms in total. The normalized spacial score (nSPS) is 14.4. The third kappa shape index (κ3) is 3.55. The first-order chi connectivity index (χ1) is 13.9. The number of rotatable bonds is 1. The zero-order chi connectivity index (χ0) is 20.6. The van der Waals surface area contributed by atoms with Gasteiger partial charge >= 0.3 is 6.18 Å². The molecular weight excluding hydrogens is 385 g/mol. The zero-order valence-electron chi connectivity index (χ0n) is 15.5. The lowest BCUT2D eigenvalue weighted by atomic mass is 10.1. The van der Waals surface area contributed by atoms with Crippen LogP contribution in [0.3, 0.4) is 0 Å². The first kappa shape index (κ1) is 19.0. The van der Waals surface area contributed by atoms with Gasteiger partial charge in [0.1, 0.15) is 23.0 Å². The molecule has 0 atom stereocenters. The minimum absolute atomic E-state index is 0.000252. The summed E-state index contributed by atoms with van der Waals surface area (Å²) in [6, 6.07) is 7.18. The van der Waals surface area contributed by atoms with Gasteiger partial charge in [0, 0.05) is 17.7 Å². The average molecular weight is 402 g/mol. The molecule has 1 N–H and O–H groups in total. The maximum Gasteiger partial charge on any atom is 0.422 e. The van der Waals surface area contributed by atoms with E-state index in [1.807, 2.05) is 6.07 Å². The van der Waals surface area contributed by atoms with Crippen LogP contribution >= 0.6 is 0 Å². The van der Waals surface area contributed by atoms with E-state index >= 15 is 0 Å². The molecule has 150 valence electrons. The molecule has 2 bridgehead atoms. The summed E-state index contributed by atoms with van der Waals surface area (Å²) in [5, 5.41) is 2.72. The average Bonchev–Trinajstić information content (AvgIpc) is 2.71. The van der Waals surface area contributed by atoms with Crippen molar-refractivity contribution in [2.75, 3.05) is 19.0 Å². The summed E-state index contributed by atoms with van der Waals surface area (Å²) in [5.41, 5.74) is 0.0419. The van der Waals surface area contributed by atoms with Crippen LogP contribution in [0, 0.1) is 0 Å². The van der Waals surface area contributed by atoms with Crippen LogP contribution in [-0.2, 0) is 12.6 Å². The molecule has 1 aromatic carbocycles. The molecule has 3 aromatic rings. The minimum atomic E-state index is -4.71. The fourth-order valence-corrected chi connectivity index (χ4v) is 3.24. The molecule has 0 saturated heterocycles. The van der Waals surface area contributed by atoms with Gasteiger partial charge in [-0.15, -0.1) is 0 Å². The summed E-state index contributed by atoms with van der Waals surface area (Å²) in [4.78, 5) is 12.4. The smallest absolute Gasteiger partial charge is 0.422 e. The number of aromatic nitrogens is 3. The fraction of sp³-hybridized carbons (Fsp3) is 0.250. The number of benzene rings is 1. The van der Waals surface area contributed by atoms with Gasteiger partial charge in [0.05, 0.1) is 30.8 Å². The molecule has 3 heterocycles. The van der Waals surface area contributed by atoms with Crippen molar-refractivity contribution in [3.05, 3.63) is 54.0 Å². The summed E-state index contributed by atoms with van der Waals surface area (Å²) in [7, 11) is 1.14. The van der Waals surface area contributed by atoms with Gasteiger partial charge in [-0.3, -0.25) is 0 Å². The van der Waals surface area contributed by atoms with Crippen molar-refractivity contribution in [2.45, 2.75) is 19.0 Å². The van der Waals surface area contributed by atoms with Crippen molar-refractivity contribution in [3.8, 4) is 11.6 Å². The third-order valence-corrected chi connectivity index (χ3v) is 4.51. The van der Waals surface area contributed by atoms with E-state index in [4.69, 9.17) is 9.47 Å². The van der Waals surface area contributed by atoms with E-state index < -0.39 is 17.6 Å². The summed E-state index contributed by atoms with van der Waals surface area (Å²) < 4.78 is 52.3. The third-order valence-electron chi connectivity index (χ3n) is 4.51. The highest BCUT2D eigenvalue weighted by Gasteiger charge is 2.39. The fourth-order valence-electron chi connectivity index (χ4n) is 3.24. The Kier molecular flexibility index (Phi) is 4.73. The molecule has 1 aliphatic rings. The summed E-state index contributed by atoms with van der Waals surface area (Å²) >= 11 is 0. The zero-order valence-corrected chi connectivity index (χ0v) is 15.5. The van der Waals surface area contributed by atoms with Crippen molar-refractivity contribution in [2.24, 2.45) is 0 Å². The number of ether oxygens (including phenoxy) is 2. The first-order valence-corrected chi connectivity index (χ1v) is 8.87. The van der Waals surface area contributed by atoms with E-state index in [1.54, 1.807) is 18.2 Å². The van der Waals surface area contributed by atoms with Gasteiger partial charge in [-0.05, 0) is 18.6 Å². The molecule has 29 heavy (non-hydrogen) atoms. The number of alkyl halides is 3. The maximum atomic E-state index is 13.9. The number of nitrogens with zero attached hydrogens (tertiary/aromatic N) is 3. The lowest BCUT2D eigenvalue weighted by Gasteiger charge is -2.18. The Morgan fingerprint density at radius 1 is 1.21 bits per heavy atom. The second-order valence-electron chi connectivity index (χ2n) is 6.44. The number of pyridine rings is 1. The number of hydrogen-bond acceptors (Lipinski definition) is 6. The van der Waals surface area contributed by atoms with Gasteiger partial charge in [-0.2, -0.15) is 13.2 Å². The molecule has 0 saturated carbocycles. The van der Waals surface area contributed by atoms with Crippen LogP contribution in [0.25, 0.3) is 16.6 Å². The van der Waals surface area contributed by atoms with E-state index in [0.717, 1.165) is 7.11 Å². The summed E-state index contributed by atoms with van der Waals surface area (Å²) in [6.45, 7) is 4.39. The Morgan fingerprint density at radius 2 is 2.00 bits per heavy atom. The molecule has 0 fully saturated rings. The number of methoxy groups -OCH3 is 1. The predicted octanol–water partition coefficient (Wildman–Crippen LogP) is 4.46. The van der Waals surface area contributed by atoms with E-state index in [0.29, 0.717) is 42.3 Å². The van der Waals surface area contributed by atoms with Crippen LogP contribution in [0.1, 0.15) is 23.4 Å². The number of aryl methyl sites for hydroxylation is 1. The van der Waals surface area contributed by atoms with Crippen molar-refractivity contribution in [1.82, 2.24) is 15.0 Å². The quantitative estimate of drug-likeness (QED) is 0.648. The van der Waals surface area contributed by atoms with E-state index in [2.05, 4.69) is 26.8 Å². The molecule has 0 spiro atoms. The number of para-hydroxylation sites is 1. The molecule has 0 aliphatic carbocycles. The number of nitrogens with one attached hydrogen (secondary N) is 1. The number of fused-ring (bicyclic) bond motifs is 5. The van der Waals surface area contributed by atoms with Crippen molar-refractivity contribution in [1.29, 1.82) is 0 Å². The second-order valence-corrected chi connectivity index (χ2v) is 6.44. The topological polar surface area (TPSA) is 69.2 Å².